The number of nitrogens with one attached hydrogen (secondary N) is 1. The number of halogens is 1. The highest BCUT2D eigenvalue weighted by Crippen LogP contribution is 2.29. The van der Waals surface area contributed by atoms with Crippen LogP contribution in [0.15, 0.2) is 35.7 Å². The summed E-state index contributed by atoms with van der Waals surface area (Å²) in [5, 5.41) is 5.52. The topological polar surface area (TPSA) is 15.3 Å². The fraction of sp³-hybridized carbons (Fsp3) is 0.412. The molecule has 4 heteroatoms. The summed E-state index contributed by atoms with van der Waals surface area (Å²) in [5.41, 5.74) is 1.95. The number of rotatable bonds is 6. The lowest BCUT2D eigenvalue weighted by atomic mass is 10.1. The van der Waals surface area contributed by atoms with Gasteiger partial charge in [0, 0.05) is 30.2 Å². The first-order valence-corrected chi connectivity index (χ1v) is 8.30. The van der Waals surface area contributed by atoms with Crippen LogP contribution in [0.1, 0.15) is 36.2 Å². The lowest BCUT2D eigenvalue weighted by Crippen LogP contribution is -2.22. The third-order valence-electron chi connectivity index (χ3n) is 4.06. The van der Waals surface area contributed by atoms with Crippen LogP contribution in [0, 0.1) is 5.82 Å². The Morgan fingerprint density at radius 3 is 2.86 bits per heavy atom. The second-order valence-electron chi connectivity index (χ2n) is 5.78. The second kappa shape index (κ2) is 6.16. The van der Waals surface area contributed by atoms with Gasteiger partial charge in [0.25, 0.3) is 0 Å². The minimum absolute atomic E-state index is 0.162. The molecule has 0 spiro atoms. The van der Waals surface area contributed by atoms with Crippen LogP contribution >= 0.6 is 11.3 Å². The lowest BCUT2D eigenvalue weighted by Gasteiger charge is -2.27. The van der Waals surface area contributed by atoms with E-state index in [4.69, 9.17) is 0 Å². The SMILES string of the molecule is CC(c1cccs1)N(C)c1cc(F)cc(CNC2CC2)c1. The lowest BCUT2D eigenvalue weighted by molar-refractivity contribution is 0.617. The van der Waals surface area contributed by atoms with E-state index in [2.05, 4.69) is 40.7 Å². The van der Waals surface area contributed by atoms with Crippen molar-refractivity contribution in [1.82, 2.24) is 5.32 Å². The number of anilines is 1. The van der Waals surface area contributed by atoms with E-state index in [0.717, 1.165) is 17.8 Å². The molecule has 3 rings (SSSR count). The van der Waals surface area contributed by atoms with Crippen LogP contribution in [-0.4, -0.2) is 13.1 Å². The van der Waals surface area contributed by atoms with Crippen molar-refractivity contribution >= 4 is 17.0 Å². The van der Waals surface area contributed by atoms with E-state index < -0.39 is 0 Å². The predicted octanol–water partition coefficient (Wildman–Crippen LogP) is 4.34. The van der Waals surface area contributed by atoms with Gasteiger partial charge in [-0.05, 0) is 55.0 Å². The van der Waals surface area contributed by atoms with Crippen molar-refractivity contribution < 1.29 is 4.39 Å². The Bertz CT molecular complexity index is 593. The van der Waals surface area contributed by atoms with Crippen LogP contribution in [-0.2, 0) is 6.54 Å². The fourth-order valence-corrected chi connectivity index (χ4v) is 3.26. The van der Waals surface area contributed by atoms with Crippen molar-refractivity contribution in [3.8, 4) is 0 Å². The zero-order valence-corrected chi connectivity index (χ0v) is 13.3. The van der Waals surface area contributed by atoms with Gasteiger partial charge in [-0.15, -0.1) is 11.3 Å². The van der Waals surface area contributed by atoms with Gasteiger partial charge in [0.1, 0.15) is 5.82 Å². The number of hydrogen-bond acceptors (Lipinski definition) is 3. The maximum Gasteiger partial charge on any atom is 0.125 e. The highest BCUT2D eigenvalue weighted by molar-refractivity contribution is 7.10. The molecule has 1 atom stereocenters. The van der Waals surface area contributed by atoms with Gasteiger partial charge >= 0.3 is 0 Å². The van der Waals surface area contributed by atoms with E-state index in [1.54, 1.807) is 23.5 Å². The molecule has 21 heavy (non-hydrogen) atoms. The van der Waals surface area contributed by atoms with Crippen molar-refractivity contribution in [2.75, 3.05) is 11.9 Å². The molecule has 1 saturated carbocycles. The third-order valence-corrected chi connectivity index (χ3v) is 5.10. The molecule has 2 nitrogen and oxygen atoms in total. The van der Waals surface area contributed by atoms with Gasteiger partial charge < -0.3 is 10.2 Å². The number of benzene rings is 1. The largest absolute Gasteiger partial charge is 0.367 e. The second-order valence-corrected chi connectivity index (χ2v) is 6.75. The van der Waals surface area contributed by atoms with Crippen LogP contribution in [0.2, 0.25) is 0 Å². The summed E-state index contributed by atoms with van der Waals surface area (Å²) in [6.07, 6.45) is 2.50. The van der Waals surface area contributed by atoms with E-state index in [9.17, 15) is 4.39 Å². The molecule has 0 saturated heterocycles. The first-order valence-electron chi connectivity index (χ1n) is 7.42. The van der Waals surface area contributed by atoms with Gasteiger partial charge in [0.15, 0.2) is 0 Å². The van der Waals surface area contributed by atoms with Crippen molar-refractivity contribution in [1.29, 1.82) is 0 Å². The van der Waals surface area contributed by atoms with E-state index in [1.807, 2.05) is 7.05 Å². The van der Waals surface area contributed by atoms with E-state index in [0.29, 0.717) is 6.04 Å². The van der Waals surface area contributed by atoms with E-state index in [1.165, 1.54) is 17.7 Å². The minimum Gasteiger partial charge on any atom is -0.367 e. The molecule has 1 heterocycles. The van der Waals surface area contributed by atoms with Gasteiger partial charge in [-0.25, -0.2) is 4.39 Å². The van der Waals surface area contributed by atoms with Gasteiger partial charge in [-0.1, -0.05) is 6.07 Å². The minimum atomic E-state index is -0.162. The predicted molar refractivity (Wildman–Crippen MR) is 87.4 cm³/mol. The summed E-state index contributed by atoms with van der Waals surface area (Å²) < 4.78 is 13.9. The standard InChI is InChI=1S/C17H21FN2S/c1-12(17-4-3-7-21-17)20(2)16-9-13(8-14(18)10-16)11-19-15-5-6-15/h3-4,7-10,12,15,19H,5-6,11H2,1-2H3. The third kappa shape index (κ3) is 3.63. The van der Waals surface area contributed by atoms with Crippen molar-refractivity contribution in [3.05, 3.63) is 52.0 Å². The van der Waals surface area contributed by atoms with Crippen LogP contribution < -0.4 is 10.2 Å². The van der Waals surface area contributed by atoms with Gasteiger partial charge in [-0.3, -0.25) is 0 Å². The summed E-state index contributed by atoms with van der Waals surface area (Å²) in [6, 6.07) is 10.4. The first kappa shape index (κ1) is 14.5. The molecule has 1 aliphatic rings. The molecule has 1 N–H and O–H groups in total. The van der Waals surface area contributed by atoms with Crippen LogP contribution in [0.5, 0.6) is 0 Å². The van der Waals surface area contributed by atoms with Crippen molar-refractivity contribution in [2.45, 2.75) is 38.4 Å². The fourth-order valence-electron chi connectivity index (χ4n) is 2.43. The summed E-state index contributed by atoms with van der Waals surface area (Å²) in [7, 11) is 2.03. The van der Waals surface area contributed by atoms with Crippen LogP contribution in [0.25, 0.3) is 0 Å². The summed E-state index contributed by atoms with van der Waals surface area (Å²) >= 11 is 1.74. The monoisotopic (exact) mass is 304 g/mol. The molecular weight excluding hydrogens is 283 g/mol. The Labute approximate surface area is 129 Å². The van der Waals surface area contributed by atoms with Crippen molar-refractivity contribution in [2.24, 2.45) is 0 Å². The Morgan fingerprint density at radius 1 is 1.38 bits per heavy atom. The number of nitrogens with zero attached hydrogens (tertiary/aromatic N) is 1. The van der Waals surface area contributed by atoms with Gasteiger partial charge in [0.05, 0.1) is 6.04 Å². The molecular formula is C17H21FN2S. The summed E-state index contributed by atoms with van der Waals surface area (Å²) in [4.78, 5) is 3.43. The maximum atomic E-state index is 13.9. The molecule has 1 aliphatic carbocycles. The molecule has 0 aliphatic heterocycles. The Balaban J connectivity index is 1.76. The Hall–Kier alpha value is -1.39. The Morgan fingerprint density at radius 2 is 2.19 bits per heavy atom. The maximum absolute atomic E-state index is 13.9. The zero-order valence-electron chi connectivity index (χ0n) is 12.5. The molecule has 2 aromatic rings. The highest BCUT2D eigenvalue weighted by Gasteiger charge is 2.20. The normalized spacial score (nSPS) is 16.0. The van der Waals surface area contributed by atoms with Gasteiger partial charge in [-0.2, -0.15) is 0 Å². The first-order chi connectivity index (χ1) is 10.1. The average Bonchev–Trinajstić information content (AvgIpc) is 3.15. The van der Waals surface area contributed by atoms with E-state index >= 15 is 0 Å². The van der Waals surface area contributed by atoms with Crippen LogP contribution in [0.3, 0.4) is 0 Å². The number of thiophene rings is 1. The molecule has 1 unspecified atom stereocenters. The van der Waals surface area contributed by atoms with Gasteiger partial charge in [0.2, 0.25) is 0 Å². The van der Waals surface area contributed by atoms with E-state index in [-0.39, 0.29) is 11.9 Å². The molecule has 0 amide bonds. The molecule has 0 radical (unpaired) electrons. The Kier molecular flexibility index (Phi) is 4.27. The molecule has 0 bridgehead atoms. The smallest absolute Gasteiger partial charge is 0.125 e. The molecule has 1 aromatic heterocycles. The molecule has 1 aromatic carbocycles. The molecule has 1 fully saturated rings. The summed E-state index contributed by atoms with van der Waals surface area (Å²) in [6.45, 7) is 2.90. The highest BCUT2D eigenvalue weighted by atomic mass is 32.1. The zero-order chi connectivity index (χ0) is 14.8. The summed E-state index contributed by atoms with van der Waals surface area (Å²) in [5.74, 6) is -0.162. The quantitative estimate of drug-likeness (QED) is 0.854. The average molecular weight is 304 g/mol. The van der Waals surface area contributed by atoms with Crippen molar-refractivity contribution in [3.63, 3.8) is 0 Å². The van der Waals surface area contributed by atoms with Crippen LogP contribution in [0.4, 0.5) is 10.1 Å². The molecule has 112 valence electrons. The number of hydrogen-bond donors (Lipinski definition) is 1.